The normalized spacial score (nSPS) is 20.4. The molecule has 5 nitrogen and oxygen atoms in total. The molecule has 1 aliphatic heterocycles. The number of nitrogens with zero attached hydrogens (tertiary/aromatic N) is 3. The number of aromatic nitrogens is 3. The number of hydrogen-bond donors (Lipinski definition) is 1. The van der Waals surface area contributed by atoms with E-state index in [2.05, 4.69) is 19.9 Å². The van der Waals surface area contributed by atoms with E-state index in [0.29, 0.717) is 5.92 Å². The van der Waals surface area contributed by atoms with Crippen molar-refractivity contribution in [3.63, 3.8) is 0 Å². The van der Waals surface area contributed by atoms with Gasteiger partial charge in [-0.15, -0.1) is 11.3 Å². The van der Waals surface area contributed by atoms with Crippen LogP contribution in [0.3, 0.4) is 0 Å². The Kier molecular flexibility index (Phi) is 4.14. The van der Waals surface area contributed by atoms with E-state index in [1.807, 2.05) is 19.4 Å². The highest BCUT2D eigenvalue weighted by Crippen LogP contribution is 2.26. The second kappa shape index (κ2) is 6.03. The summed E-state index contributed by atoms with van der Waals surface area (Å²) >= 11 is 1.70. The molecule has 108 valence electrons. The van der Waals surface area contributed by atoms with Crippen LogP contribution in [-0.4, -0.2) is 27.7 Å². The van der Waals surface area contributed by atoms with Crippen LogP contribution in [0.1, 0.15) is 28.9 Å². The van der Waals surface area contributed by atoms with E-state index < -0.39 is 0 Å². The zero-order chi connectivity index (χ0) is 13.9. The molecule has 1 fully saturated rings. The molecule has 3 heterocycles. The SMILES string of the molecule is Cc1nc(CCn2cncc2C(N)C2CCOC2)cs1. The van der Waals surface area contributed by atoms with Crippen molar-refractivity contribution in [3.05, 3.63) is 34.3 Å². The Morgan fingerprint density at radius 3 is 3.20 bits per heavy atom. The van der Waals surface area contributed by atoms with Gasteiger partial charge in [0.1, 0.15) is 0 Å². The molecule has 6 heteroatoms. The summed E-state index contributed by atoms with van der Waals surface area (Å²) in [6, 6.07) is 0.0113. The van der Waals surface area contributed by atoms with Crippen molar-refractivity contribution >= 4 is 11.3 Å². The van der Waals surface area contributed by atoms with Gasteiger partial charge in [-0.05, 0) is 13.3 Å². The average molecular weight is 292 g/mol. The fourth-order valence-corrected chi connectivity index (χ4v) is 3.28. The topological polar surface area (TPSA) is 66.0 Å². The van der Waals surface area contributed by atoms with Crippen LogP contribution in [0.5, 0.6) is 0 Å². The standard InChI is InChI=1S/C14H20N4OS/c1-10-17-12(8-20-10)2-4-18-9-16-6-13(18)14(15)11-3-5-19-7-11/h6,8-9,11,14H,2-5,7,15H2,1H3. The maximum Gasteiger partial charge on any atom is 0.0948 e. The molecule has 0 saturated carbocycles. The first-order chi connectivity index (χ1) is 9.74. The maximum absolute atomic E-state index is 6.36. The van der Waals surface area contributed by atoms with Gasteiger partial charge in [0.05, 0.1) is 35.4 Å². The molecule has 2 aromatic rings. The third-order valence-corrected chi connectivity index (χ3v) is 4.66. The predicted molar refractivity (Wildman–Crippen MR) is 78.6 cm³/mol. The molecule has 1 saturated heterocycles. The zero-order valence-electron chi connectivity index (χ0n) is 11.7. The number of thiazole rings is 1. The lowest BCUT2D eigenvalue weighted by atomic mass is 9.97. The van der Waals surface area contributed by atoms with Crippen LogP contribution in [0.25, 0.3) is 0 Å². The summed E-state index contributed by atoms with van der Waals surface area (Å²) in [6.07, 6.45) is 5.71. The number of nitrogens with two attached hydrogens (primary N) is 1. The van der Waals surface area contributed by atoms with Gasteiger partial charge in [-0.25, -0.2) is 9.97 Å². The summed E-state index contributed by atoms with van der Waals surface area (Å²) in [5.74, 6) is 0.409. The minimum atomic E-state index is 0.0113. The Morgan fingerprint density at radius 2 is 2.50 bits per heavy atom. The van der Waals surface area contributed by atoms with E-state index >= 15 is 0 Å². The molecule has 2 N–H and O–H groups in total. The molecule has 20 heavy (non-hydrogen) atoms. The lowest BCUT2D eigenvalue weighted by Crippen LogP contribution is -2.24. The summed E-state index contributed by atoms with van der Waals surface area (Å²) in [5, 5.41) is 3.24. The van der Waals surface area contributed by atoms with E-state index in [1.165, 1.54) is 0 Å². The monoisotopic (exact) mass is 292 g/mol. The van der Waals surface area contributed by atoms with Crippen LogP contribution >= 0.6 is 11.3 Å². The third-order valence-electron chi connectivity index (χ3n) is 3.83. The first kappa shape index (κ1) is 13.7. The lowest BCUT2D eigenvalue weighted by Gasteiger charge is -2.19. The molecule has 2 aromatic heterocycles. The molecule has 2 unspecified atom stereocenters. The van der Waals surface area contributed by atoms with Gasteiger partial charge in [0, 0.05) is 37.1 Å². The van der Waals surface area contributed by atoms with E-state index in [1.54, 1.807) is 11.3 Å². The number of rotatable bonds is 5. The second-order valence-corrected chi connectivity index (χ2v) is 6.33. The van der Waals surface area contributed by atoms with Crippen molar-refractivity contribution in [2.24, 2.45) is 11.7 Å². The number of imidazole rings is 1. The van der Waals surface area contributed by atoms with Crippen LogP contribution in [0.15, 0.2) is 17.9 Å². The Morgan fingerprint density at radius 1 is 1.60 bits per heavy atom. The van der Waals surface area contributed by atoms with E-state index in [0.717, 1.165) is 49.0 Å². The molecule has 1 aliphatic rings. The van der Waals surface area contributed by atoms with Gasteiger partial charge >= 0.3 is 0 Å². The van der Waals surface area contributed by atoms with Gasteiger partial charge in [0.15, 0.2) is 0 Å². The molecule has 0 aromatic carbocycles. The van der Waals surface area contributed by atoms with Gasteiger partial charge in [-0.3, -0.25) is 0 Å². The van der Waals surface area contributed by atoms with Crippen LogP contribution in [-0.2, 0) is 17.7 Å². The van der Waals surface area contributed by atoms with Crippen molar-refractivity contribution in [1.29, 1.82) is 0 Å². The summed E-state index contributed by atoms with van der Waals surface area (Å²) < 4.78 is 7.58. The van der Waals surface area contributed by atoms with Crippen molar-refractivity contribution in [2.45, 2.75) is 32.4 Å². The first-order valence-corrected chi connectivity index (χ1v) is 7.86. The van der Waals surface area contributed by atoms with Gasteiger partial charge in [0.25, 0.3) is 0 Å². The summed E-state index contributed by atoms with van der Waals surface area (Å²) in [7, 11) is 0. The molecule has 0 bridgehead atoms. The number of aryl methyl sites for hydroxylation is 3. The molecular weight excluding hydrogens is 272 g/mol. The molecule has 0 amide bonds. The van der Waals surface area contributed by atoms with Crippen LogP contribution in [0.2, 0.25) is 0 Å². The summed E-state index contributed by atoms with van der Waals surface area (Å²) in [5.41, 5.74) is 8.61. The van der Waals surface area contributed by atoms with E-state index in [4.69, 9.17) is 10.5 Å². The second-order valence-electron chi connectivity index (χ2n) is 5.27. The van der Waals surface area contributed by atoms with Gasteiger partial charge in [0.2, 0.25) is 0 Å². The third kappa shape index (κ3) is 2.92. The average Bonchev–Trinajstić information content (AvgIpc) is 3.17. The first-order valence-electron chi connectivity index (χ1n) is 6.98. The van der Waals surface area contributed by atoms with Crippen LogP contribution < -0.4 is 5.73 Å². The Balaban J connectivity index is 1.66. The van der Waals surface area contributed by atoms with E-state index in [-0.39, 0.29) is 6.04 Å². The molecule has 2 atom stereocenters. The molecular formula is C14H20N4OS. The highest BCUT2D eigenvalue weighted by molar-refractivity contribution is 7.09. The minimum absolute atomic E-state index is 0.0113. The quantitative estimate of drug-likeness (QED) is 0.914. The largest absolute Gasteiger partial charge is 0.381 e. The summed E-state index contributed by atoms with van der Waals surface area (Å²) in [6.45, 7) is 4.49. The predicted octanol–water partition coefficient (Wildman–Crippen LogP) is 1.93. The number of hydrogen-bond acceptors (Lipinski definition) is 5. The maximum atomic E-state index is 6.36. The fourth-order valence-electron chi connectivity index (χ4n) is 2.63. The lowest BCUT2D eigenvalue weighted by molar-refractivity contribution is 0.180. The van der Waals surface area contributed by atoms with Crippen molar-refractivity contribution in [3.8, 4) is 0 Å². The molecule has 0 spiro atoms. The smallest absolute Gasteiger partial charge is 0.0948 e. The van der Waals surface area contributed by atoms with Crippen molar-refractivity contribution < 1.29 is 4.74 Å². The zero-order valence-corrected chi connectivity index (χ0v) is 12.5. The fraction of sp³-hybridized carbons (Fsp3) is 0.571. The Labute approximate surface area is 122 Å². The molecule has 0 aliphatic carbocycles. The van der Waals surface area contributed by atoms with Gasteiger partial charge in [-0.2, -0.15) is 0 Å². The van der Waals surface area contributed by atoms with Crippen molar-refractivity contribution in [1.82, 2.24) is 14.5 Å². The highest BCUT2D eigenvalue weighted by Gasteiger charge is 2.26. The summed E-state index contributed by atoms with van der Waals surface area (Å²) in [4.78, 5) is 8.75. The highest BCUT2D eigenvalue weighted by atomic mass is 32.1. The molecule has 3 rings (SSSR count). The van der Waals surface area contributed by atoms with Gasteiger partial charge in [-0.1, -0.05) is 0 Å². The minimum Gasteiger partial charge on any atom is -0.381 e. The van der Waals surface area contributed by atoms with Crippen molar-refractivity contribution in [2.75, 3.05) is 13.2 Å². The Bertz CT molecular complexity index is 559. The number of ether oxygens (including phenoxy) is 1. The molecule has 0 radical (unpaired) electrons. The Hall–Kier alpha value is -1.24. The van der Waals surface area contributed by atoms with Crippen LogP contribution in [0.4, 0.5) is 0 Å². The van der Waals surface area contributed by atoms with E-state index in [9.17, 15) is 0 Å². The van der Waals surface area contributed by atoms with Gasteiger partial charge < -0.3 is 15.0 Å². The van der Waals surface area contributed by atoms with Crippen LogP contribution in [0, 0.1) is 12.8 Å².